The fraction of sp³-hybridized carbons (Fsp3) is 0.700. The summed E-state index contributed by atoms with van der Waals surface area (Å²) in [6, 6.07) is 0. The number of rotatable bonds is 5. The first-order valence-corrected chi connectivity index (χ1v) is 7.19. The van der Waals surface area contributed by atoms with Crippen molar-refractivity contribution >= 4 is 15.7 Å². The standard InChI is InChI=1S/C10H18N2O3S/c1-2-10(13)11-4-3-5-12-6-8-16(14,15)9-7-12/h2H,1,3-9H2,(H,11,13). The third-order valence-electron chi connectivity index (χ3n) is 2.57. The van der Waals surface area contributed by atoms with Gasteiger partial charge in [-0.25, -0.2) is 8.42 Å². The molecule has 6 heteroatoms. The Hall–Kier alpha value is -0.880. The summed E-state index contributed by atoms with van der Waals surface area (Å²) in [6.07, 6.45) is 2.08. The summed E-state index contributed by atoms with van der Waals surface area (Å²) in [5, 5.41) is 2.69. The maximum Gasteiger partial charge on any atom is 0.243 e. The Morgan fingerprint density at radius 2 is 2.00 bits per heavy atom. The molecule has 0 saturated carbocycles. The van der Waals surface area contributed by atoms with Gasteiger partial charge in [0, 0.05) is 19.6 Å². The Morgan fingerprint density at radius 3 is 2.56 bits per heavy atom. The van der Waals surface area contributed by atoms with Gasteiger partial charge in [0.1, 0.15) is 0 Å². The molecule has 16 heavy (non-hydrogen) atoms. The molecule has 0 aromatic rings. The van der Waals surface area contributed by atoms with Crippen molar-refractivity contribution in [1.29, 1.82) is 0 Å². The van der Waals surface area contributed by atoms with E-state index in [1.54, 1.807) is 0 Å². The van der Waals surface area contributed by atoms with Crippen LogP contribution in [0.3, 0.4) is 0 Å². The van der Waals surface area contributed by atoms with Crippen LogP contribution in [0.25, 0.3) is 0 Å². The molecule has 0 radical (unpaired) electrons. The van der Waals surface area contributed by atoms with Crippen molar-refractivity contribution in [3.63, 3.8) is 0 Å². The molecule has 1 heterocycles. The first-order valence-electron chi connectivity index (χ1n) is 5.36. The fourth-order valence-corrected chi connectivity index (χ4v) is 2.84. The zero-order chi connectivity index (χ0) is 12.0. The van der Waals surface area contributed by atoms with Crippen LogP contribution in [0.4, 0.5) is 0 Å². The van der Waals surface area contributed by atoms with Gasteiger partial charge in [-0.15, -0.1) is 0 Å². The minimum atomic E-state index is -2.79. The van der Waals surface area contributed by atoms with E-state index in [0.29, 0.717) is 19.6 Å². The molecule has 1 saturated heterocycles. The van der Waals surface area contributed by atoms with Crippen LogP contribution in [0.5, 0.6) is 0 Å². The number of hydrogen-bond acceptors (Lipinski definition) is 4. The lowest BCUT2D eigenvalue weighted by molar-refractivity contribution is -0.116. The van der Waals surface area contributed by atoms with Crippen LogP contribution in [-0.4, -0.2) is 56.9 Å². The van der Waals surface area contributed by atoms with Crippen LogP contribution < -0.4 is 5.32 Å². The van der Waals surface area contributed by atoms with E-state index >= 15 is 0 Å². The highest BCUT2D eigenvalue weighted by Crippen LogP contribution is 2.03. The molecule has 1 aliphatic rings. The second kappa shape index (κ2) is 6.00. The van der Waals surface area contributed by atoms with Crippen molar-refractivity contribution in [2.24, 2.45) is 0 Å². The van der Waals surface area contributed by atoms with Crippen molar-refractivity contribution in [2.75, 3.05) is 37.7 Å². The number of nitrogens with one attached hydrogen (secondary N) is 1. The Labute approximate surface area is 96.4 Å². The van der Waals surface area contributed by atoms with Crippen LogP contribution in [0.1, 0.15) is 6.42 Å². The highest BCUT2D eigenvalue weighted by molar-refractivity contribution is 7.91. The Balaban J connectivity index is 2.11. The molecule has 1 aliphatic heterocycles. The molecule has 0 aromatic carbocycles. The van der Waals surface area contributed by atoms with Crippen molar-refractivity contribution in [2.45, 2.75) is 6.42 Å². The molecule has 1 N–H and O–H groups in total. The molecule has 0 spiro atoms. The lowest BCUT2D eigenvalue weighted by Gasteiger charge is -2.26. The first kappa shape index (κ1) is 13.2. The summed E-state index contributed by atoms with van der Waals surface area (Å²) >= 11 is 0. The molecule has 1 fully saturated rings. The minimum absolute atomic E-state index is 0.166. The zero-order valence-electron chi connectivity index (χ0n) is 9.31. The van der Waals surface area contributed by atoms with E-state index in [-0.39, 0.29) is 17.4 Å². The summed E-state index contributed by atoms with van der Waals surface area (Å²) in [4.78, 5) is 12.9. The average Bonchev–Trinajstić information content (AvgIpc) is 2.26. The highest BCUT2D eigenvalue weighted by Gasteiger charge is 2.20. The predicted octanol–water partition coefficient (Wildman–Crippen LogP) is -0.591. The number of hydrogen-bond donors (Lipinski definition) is 1. The summed E-state index contributed by atoms with van der Waals surface area (Å²) in [5.74, 6) is 0.346. The van der Waals surface area contributed by atoms with Crippen LogP contribution in [0.15, 0.2) is 12.7 Å². The SMILES string of the molecule is C=CC(=O)NCCCN1CCS(=O)(=O)CC1. The summed E-state index contributed by atoms with van der Waals surface area (Å²) in [6.45, 7) is 6.01. The smallest absolute Gasteiger partial charge is 0.243 e. The Bertz CT molecular complexity index is 337. The van der Waals surface area contributed by atoms with E-state index in [1.165, 1.54) is 6.08 Å². The van der Waals surface area contributed by atoms with Gasteiger partial charge in [-0.1, -0.05) is 6.58 Å². The van der Waals surface area contributed by atoms with Crippen molar-refractivity contribution in [3.05, 3.63) is 12.7 Å². The zero-order valence-corrected chi connectivity index (χ0v) is 10.1. The number of carbonyl (C=O) groups excluding carboxylic acids is 1. The Morgan fingerprint density at radius 1 is 1.38 bits per heavy atom. The molecule has 0 atom stereocenters. The molecular formula is C10H18N2O3S. The van der Waals surface area contributed by atoms with Crippen LogP contribution >= 0.6 is 0 Å². The fourth-order valence-electron chi connectivity index (χ4n) is 1.56. The van der Waals surface area contributed by atoms with Gasteiger partial charge in [0.25, 0.3) is 0 Å². The molecule has 0 aromatic heterocycles. The lowest BCUT2D eigenvalue weighted by Crippen LogP contribution is -2.41. The predicted molar refractivity (Wildman–Crippen MR) is 62.9 cm³/mol. The molecule has 0 bridgehead atoms. The van der Waals surface area contributed by atoms with Gasteiger partial charge in [-0.3, -0.25) is 4.79 Å². The van der Waals surface area contributed by atoms with Crippen molar-refractivity contribution in [3.8, 4) is 0 Å². The Kier molecular flexibility index (Phi) is 4.95. The topological polar surface area (TPSA) is 66.5 Å². The van der Waals surface area contributed by atoms with Gasteiger partial charge in [0.05, 0.1) is 11.5 Å². The number of amides is 1. The normalized spacial score (nSPS) is 20.2. The minimum Gasteiger partial charge on any atom is -0.353 e. The number of sulfone groups is 1. The third kappa shape index (κ3) is 4.76. The average molecular weight is 246 g/mol. The largest absolute Gasteiger partial charge is 0.353 e. The molecule has 0 unspecified atom stereocenters. The second-order valence-electron chi connectivity index (χ2n) is 3.84. The molecule has 5 nitrogen and oxygen atoms in total. The van der Waals surface area contributed by atoms with Gasteiger partial charge in [0.2, 0.25) is 5.91 Å². The van der Waals surface area contributed by atoms with Gasteiger partial charge in [0.15, 0.2) is 9.84 Å². The van der Waals surface area contributed by atoms with Gasteiger partial charge >= 0.3 is 0 Å². The molecule has 92 valence electrons. The summed E-state index contributed by atoms with van der Waals surface area (Å²) in [7, 11) is -2.79. The number of carbonyl (C=O) groups is 1. The maximum atomic E-state index is 11.2. The molecule has 0 aliphatic carbocycles. The summed E-state index contributed by atoms with van der Waals surface area (Å²) < 4.78 is 22.3. The van der Waals surface area contributed by atoms with Gasteiger partial charge in [-0.05, 0) is 19.0 Å². The molecular weight excluding hydrogens is 228 g/mol. The van der Waals surface area contributed by atoms with Crippen LogP contribution in [-0.2, 0) is 14.6 Å². The molecule has 1 amide bonds. The number of nitrogens with zero attached hydrogens (tertiary/aromatic N) is 1. The third-order valence-corrected chi connectivity index (χ3v) is 4.18. The van der Waals surface area contributed by atoms with Crippen LogP contribution in [0.2, 0.25) is 0 Å². The van der Waals surface area contributed by atoms with E-state index < -0.39 is 9.84 Å². The van der Waals surface area contributed by atoms with Crippen molar-refractivity contribution in [1.82, 2.24) is 10.2 Å². The summed E-state index contributed by atoms with van der Waals surface area (Å²) in [5.41, 5.74) is 0. The molecule has 1 rings (SSSR count). The van der Waals surface area contributed by atoms with E-state index in [0.717, 1.165) is 13.0 Å². The van der Waals surface area contributed by atoms with E-state index in [1.807, 2.05) is 0 Å². The van der Waals surface area contributed by atoms with Gasteiger partial charge < -0.3 is 10.2 Å². The van der Waals surface area contributed by atoms with E-state index in [9.17, 15) is 13.2 Å². The van der Waals surface area contributed by atoms with E-state index in [4.69, 9.17) is 0 Å². The first-order chi connectivity index (χ1) is 7.53. The quantitative estimate of drug-likeness (QED) is 0.520. The maximum absolute atomic E-state index is 11.2. The van der Waals surface area contributed by atoms with Crippen LogP contribution in [0, 0.1) is 0 Å². The monoisotopic (exact) mass is 246 g/mol. The van der Waals surface area contributed by atoms with Crippen molar-refractivity contribution < 1.29 is 13.2 Å². The second-order valence-corrected chi connectivity index (χ2v) is 6.15. The lowest BCUT2D eigenvalue weighted by atomic mass is 10.3. The van der Waals surface area contributed by atoms with E-state index in [2.05, 4.69) is 16.8 Å². The van der Waals surface area contributed by atoms with Gasteiger partial charge in [-0.2, -0.15) is 0 Å². The highest BCUT2D eigenvalue weighted by atomic mass is 32.2.